The molecule has 0 radical (unpaired) electrons. The van der Waals surface area contributed by atoms with Gasteiger partial charge < -0.3 is 0 Å². The highest BCUT2D eigenvalue weighted by Crippen LogP contribution is 2.51. The van der Waals surface area contributed by atoms with Crippen LogP contribution in [0.5, 0.6) is 0 Å². The average molecular weight is 264 g/mol. The second-order valence-corrected chi connectivity index (χ2v) is 7.49. The van der Waals surface area contributed by atoms with Gasteiger partial charge in [-0.15, -0.1) is 0 Å². The van der Waals surface area contributed by atoms with Gasteiger partial charge in [0.2, 0.25) is 0 Å². The first kappa shape index (κ1) is 15.4. The average Bonchev–Trinajstić information content (AvgIpc) is 2.49. The van der Waals surface area contributed by atoms with Gasteiger partial charge in [-0.05, 0) is 42.9 Å². The maximum absolute atomic E-state index is 2.47. The predicted molar refractivity (Wildman–Crippen MR) is 85.4 cm³/mol. The molecular formula is C19H36. The normalized spacial score (nSPS) is 31.3. The molecule has 112 valence electrons. The van der Waals surface area contributed by atoms with E-state index < -0.39 is 0 Å². The Morgan fingerprint density at radius 3 is 2.11 bits per heavy atom. The summed E-state index contributed by atoms with van der Waals surface area (Å²) in [5, 5.41) is 0. The summed E-state index contributed by atoms with van der Waals surface area (Å²) >= 11 is 0. The molecule has 2 fully saturated rings. The van der Waals surface area contributed by atoms with E-state index in [2.05, 4.69) is 13.8 Å². The quantitative estimate of drug-likeness (QED) is 0.466. The van der Waals surface area contributed by atoms with Crippen molar-refractivity contribution in [1.29, 1.82) is 0 Å². The third kappa shape index (κ3) is 3.99. The molecule has 0 aromatic carbocycles. The highest BCUT2D eigenvalue weighted by Gasteiger charge is 2.39. The third-order valence-electron chi connectivity index (χ3n) is 6.48. The van der Waals surface area contributed by atoms with Crippen LogP contribution < -0.4 is 0 Å². The maximum atomic E-state index is 2.47. The summed E-state index contributed by atoms with van der Waals surface area (Å²) in [7, 11) is 0. The van der Waals surface area contributed by atoms with Gasteiger partial charge in [0.1, 0.15) is 0 Å². The Labute approximate surface area is 121 Å². The molecule has 0 N–H and O–H groups in total. The summed E-state index contributed by atoms with van der Waals surface area (Å²) in [6.07, 6.45) is 21.2. The molecule has 2 rings (SSSR count). The molecule has 2 aliphatic carbocycles. The first-order chi connectivity index (χ1) is 9.30. The fraction of sp³-hybridized carbons (Fsp3) is 1.00. The van der Waals surface area contributed by atoms with E-state index in [1.165, 1.54) is 51.4 Å². The van der Waals surface area contributed by atoms with E-state index in [4.69, 9.17) is 0 Å². The van der Waals surface area contributed by atoms with Gasteiger partial charge in [0.05, 0.1) is 0 Å². The van der Waals surface area contributed by atoms with Gasteiger partial charge in [0, 0.05) is 0 Å². The van der Waals surface area contributed by atoms with Crippen LogP contribution in [-0.4, -0.2) is 0 Å². The zero-order valence-corrected chi connectivity index (χ0v) is 13.6. The Kier molecular flexibility index (Phi) is 6.23. The minimum Gasteiger partial charge on any atom is -0.0654 e. The highest BCUT2D eigenvalue weighted by atomic mass is 14.4. The van der Waals surface area contributed by atoms with E-state index in [0.717, 1.165) is 17.3 Å². The minimum absolute atomic E-state index is 0.770. The zero-order valence-electron chi connectivity index (χ0n) is 13.6. The third-order valence-corrected chi connectivity index (χ3v) is 6.48. The van der Waals surface area contributed by atoms with Crippen LogP contribution >= 0.6 is 0 Å². The van der Waals surface area contributed by atoms with Crippen LogP contribution in [0.3, 0.4) is 0 Å². The lowest BCUT2D eigenvalue weighted by molar-refractivity contribution is 0.0496. The van der Waals surface area contributed by atoms with Crippen molar-refractivity contribution in [3.05, 3.63) is 0 Å². The van der Waals surface area contributed by atoms with Gasteiger partial charge in [0.25, 0.3) is 0 Å². The largest absolute Gasteiger partial charge is 0.0654 e. The molecule has 0 bridgehead atoms. The molecule has 19 heavy (non-hydrogen) atoms. The first-order valence-corrected chi connectivity index (χ1v) is 9.30. The summed E-state index contributed by atoms with van der Waals surface area (Å²) in [5.74, 6) is 2.17. The topological polar surface area (TPSA) is 0 Å². The Bertz CT molecular complexity index is 228. The van der Waals surface area contributed by atoms with Gasteiger partial charge in [-0.1, -0.05) is 78.1 Å². The van der Waals surface area contributed by atoms with Crippen LogP contribution in [-0.2, 0) is 0 Å². The summed E-state index contributed by atoms with van der Waals surface area (Å²) < 4.78 is 0. The van der Waals surface area contributed by atoms with Gasteiger partial charge >= 0.3 is 0 Å². The van der Waals surface area contributed by atoms with Crippen LogP contribution in [0.15, 0.2) is 0 Å². The molecule has 0 nitrogen and oxygen atoms in total. The maximum Gasteiger partial charge on any atom is -0.0272 e. The number of rotatable bonds is 6. The summed E-state index contributed by atoms with van der Waals surface area (Å²) in [6.45, 7) is 4.80. The number of unbranched alkanes of at least 4 members (excludes halogenated alkanes) is 2. The Hall–Kier alpha value is 0. The second kappa shape index (κ2) is 7.70. The van der Waals surface area contributed by atoms with E-state index in [1.807, 2.05) is 0 Å². The second-order valence-electron chi connectivity index (χ2n) is 7.49. The van der Waals surface area contributed by atoms with Crippen molar-refractivity contribution in [2.75, 3.05) is 0 Å². The molecule has 0 saturated heterocycles. The SMILES string of the molecule is CCCCCC1CCC(C2(CC)CCCCC2)CC1. The van der Waals surface area contributed by atoms with Crippen molar-refractivity contribution in [2.24, 2.45) is 17.3 Å². The molecule has 0 amide bonds. The molecular weight excluding hydrogens is 228 g/mol. The standard InChI is InChI=1S/C19H36/c1-3-5-7-10-17-11-13-18(14-12-17)19(4-2)15-8-6-9-16-19/h17-18H,3-16H2,1-2H3. The Morgan fingerprint density at radius 2 is 1.53 bits per heavy atom. The molecule has 0 spiro atoms. The van der Waals surface area contributed by atoms with Crippen LogP contribution in [0.2, 0.25) is 0 Å². The van der Waals surface area contributed by atoms with E-state index in [0.29, 0.717) is 0 Å². The lowest BCUT2D eigenvalue weighted by Gasteiger charge is -2.46. The number of hydrogen-bond donors (Lipinski definition) is 0. The van der Waals surface area contributed by atoms with E-state index in [1.54, 1.807) is 38.5 Å². The Balaban J connectivity index is 1.78. The van der Waals surface area contributed by atoms with Crippen molar-refractivity contribution < 1.29 is 0 Å². The van der Waals surface area contributed by atoms with Crippen LogP contribution in [0.4, 0.5) is 0 Å². The van der Waals surface area contributed by atoms with Gasteiger partial charge in [-0.2, -0.15) is 0 Å². The summed E-state index contributed by atoms with van der Waals surface area (Å²) in [6, 6.07) is 0. The fourth-order valence-corrected chi connectivity index (χ4v) is 5.05. The monoisotopic (exact) mass is 264 g/mol. The van der Waals surface area contributed by atoms with Gasteiger partial charge in [0.15, 0.2) is 0 Å². The highest BCUT2D eigenvalue weighted by molar-refractivity contribution is 4.90. The first-order valence-electron chi connectivity index (χ1n) is 9.30. The van der Waals surface area contributed by atoms with Crippen molar-refractivity contribution in [2.45, 2.75) is 104 Å². The van der Waals surface area contributed by atoms with E-state index in [9.17, 15) is 0 Å². The van der Waals surface area contributed by atoms with Crippen LogP contribution in [0.25, 0.3) is 0 Å². The molecule has 2 saturated carbocycles. The van der Waals surface area contributed by atoms with Gasteiger partial charge in [-0.3, -0.25) is 0 Å². The van der Waals surface area contributed by atoms with E-state index in [-0.39, 0.29) is 0 Å². The molecule has 0 heterocycles. The molecule has 0 aliphatic heterocycles. The molecule has 0 aromatic heterocycles. The van der Waals surface area contributed by atoms with Crippen molar-refractivity contribution in [3.8, 4) is 0 Å². The number of hydrogen-bond acceptors (Lipinski definition) is 0. The lowest BCUT2D eigenvalue weighted by Crippen LogP contribution is -2.35. The molecule has 2 aliphatic rings. The van der Waals surface area contributed by atoms with E-state index >= 15 is 0 Å². The molecule has 0 unspecified atom stereocenters. The molecule has 0 atom stereocenters. The Morgan fingerprint density at radius 1 is 0.842 bits per heavy atom. The summed E-state index contributed by atoms with van der Waals surface area (Å²) in [4.78, 5) is 0. The van der Waals surface area contributed by atoms with Crippen molar-refractivity contribution in [3.63, 3.8) is 0 Å². The summed E-state index contributed by atoms with van der Waals surface area (Å²) in [5.41, 5.74) is 0.770. The molecule has 0 aromatic rings. The minimum atomic E-state index is 0.770. The predicted octanol–water partition coefficient (Wildman–Crippen LogP) is 6.73. The lowest BCUT2D eigenvalue weighted by atomic mass is 9.59. The van der Waals surface area contributed by atoms with Gasteiger partial charge in [-0.25, -0.2) is 0 Å². The van der Waals surface area contributed by atoms with Crippen molar-refractivity contribution in [1.82, 2.24) is 0 Å². The molecule has 0 heteroatoms. The van der Waals surface area contributed by atoms with Crippen molar-refractivity contribution >= 4 is 0 Å². The fourth-order valence-electron chi connectivity index (χ4n) is 5.05. The zero-order chi connectivity index (χ0) is 13.6. The van der Waals surface area contributed by atoms with Crippen LogP contribution in [0.1, 0.15) is 104 Å². The smallest absolute Gasteiger partial charge is 0.0272 e. The van der Waals surface area contributed by atoms with Crippen LogP contribution in [0, 0.1) is 17.3 Å².